The Hall–Kier alpha value is 0.140. The monoisotopic (exact) mass is 129 g/mol. The average molecular weight is 129 g/mol. The van der Waals surface area contributed by atoms with Crippen LogP contribution < -0.4 is 0 Å². The van der Waals surface area contributed by atoms with Gasteiger partial charge in [-0.15, -0.1) is 0 Å². The van der Waals surface area contributed by atoms with Gasteiger partial charge in [0.15, 0.2) is 0 Å². The van der Waals surface area contributed by atoms with Crippen LogP contribution in [0.25, 0.3) is 0 Å². The number of Topliss-reactive ketones (excluding diaryl/α,β-unsaturated/α-hetero) is 1. The maximum atomic E-state index is 9.91. The summed E-state index contributed by atoms with van der Waals surface area (Å²) in [5, 5.41) is 7.83. The Kier molecular flexibility index (Phi) is 7.26. The number of ketones is 1. The van der Waals surface area contributed by atoms with Gasteiger partial charge in [-0.3, -0.25) is 4.79 Å². The zero-order valence-corrected chi connectivity index (χ0v) is 6.97. The molecule has 0 aliphatic carbocycles. The molecule has 0 spiro atoms. The first kappa shape index (κ1) is 11.0. The van der Waals surface area contributed by atoms with Crippen molar-refractivity contribution in [3.8, 4) is 0 Å². The van der Waals surface area contributed by atoms with Gasteiger partial charge in [0.2, 0.25) is 5.78 Å². The molecule has 0 aromatic heterocycles. The van der Waals surface area contributed by atoms with E-state index in [0.717, 1.165) is 0 Å². The minimum Gasteiger partial charge on any atom is -0.476 e. The Bertz CT molecular complexity index is 99.5. The molecule has 0 atom stereocenters. The standard InChI is InChI=1S/C4H6O3.Na/c1-2-3(5)4(6)7;/h2H2,1H3,(H,6,7);/i1+1,2+1,3+1,4+1;. The van der Waals surface area contributed by atoms with Crippen LogP contribution in [-0.4, -0.2) is 46.4 Å². The van der Waals surface area contributed by atoms with Crippen molar-refractivity contribution in [2.75, 3.05) is 0 Å². The largest absolute Gasteiger partial charge is 0.476 e. The Morgan fingerprint density at radius 1 is 1.50 bits per heavy atom. The number of hydrogen-bond donors (Lipinski definition) is 1. The topological polar surface area (TPSA) is 54.4 Å². The van der Waals surface area contributed by atoms with Crippen molar-refractivity contribution in [2.24, 2.45) is 0 Å². The second-order valence-electron chi connectivity index (χ2n) is 1.08. The van der Waals surface area contributed by atoms with E-state index in [2.05, 4.69) is 0 Å². The predicted molar refractivity (Wildman–Crippen MR) is 28.7 cm³/mol. The van der Waals surface area contributed by atoms with Crippen LogP contribution in [0.1, 0.15) is 13.3 Å². The van der Waals surface area contributed by atoms with Gasteiger partial charge < -0.3 is 5.11 Å². The van der Waals surface area contributed by atoms with Crippen molar-refractivity contribution in [3.05, 3.63) is 0 Å². The molecule has 8 heavy (non-hydrogen) atoms. The van der Waals surface area contributed by atoms with Crippen LogP contribution in [0.4, 0.5) is 0 Å². The number of carbonyl (C=O) groups excluding carboxylic acids is 1. The molecule has 0 saturated heterocycles. The molecule has 0 saturated carbocycles. The van der Waals surface area contributed by atoms with E-state index in [1.165, 1.54) is 6.92 Å². The molecule has 0 aromatic carbocycles. The number of carboxylic acid groups (broad SMARTS) is 1. The summed E-state index contributed by atoms with van der Waals surface area (Å²) in [6.07, 6.45) is 0.0787. The fraction of sp³-hybridized carbons (Fsp3) is 0.500. The third-order valence-corrected chi connectivity index (χ3v) is 0.560. The summed E-state index contributed by atoms with van der Waals surface area (Å²) in [7, 11) is 0. The molecule has 41 valence electrons. The van der Waals surface area contributed by atoms with Crippen LogP contribution in [0.2, 0.25) is 0 Å². The molecule has 1 N–H and O–H groups in total. The predicted octanol–water partition coefficient (Wildman–Crippen LogP) is -0.331. The fourth-order valence-corrected chi connectivity index (χ4v) is 0.151. The van der Waals surface area contributed by atoms with Gasteiger partial charge in [0, 0.05) is 36.0 Å². The van der Waals surface area contributed by atoms with Crippen molar-refractivity contribution >= 4 is 41.3 Å². The molecule has 4 heteroatoms. The van der Waals surface area contributed by atoms with Crippen molar-refractivity contribution in [1.29, 1.82) is 0 Å². The van der Waals surface area contributed by atoms with E-state index in [1.807, 2.05) is 0 Å². The molecule has 0 fully saturated rings. The molecule has 3 nitrogen and oxygen atoms in total. The molecule has 0 aliphatic heterocycles. The van der Waals surface area contributed by atoms with Gasteiger partial charge in [0.25, 0.3) is 0 Å². The second kappa shape index (κ2) is 5.28. The summed E-state index contributed by atoms with van der Waals surface area (Å²) in [6.45, 7) is 1.51. The van der Waals surface area contributed by atoms with E-state index in [1.54, 1.807) is 0 Å². The summed E-state index contributed by atoms with van der Waals surface area (Å²) >= 11 is 0. The molecule has 0 amide bonds. The van der Waals surface area contributed by atoms with Crippen LogP contribution in [0.3, 0.4) is 0 Å². The van der Waals surface area contributed by atoms with Crippen LogP contribution in [0.15, 0.2) is 0 Å². The number of aliphatic carboxylic acids is 1. The molecule has 1 radical (unpaired) electrons. The molecular weight excluding hydrogens is 123 g/mol. The Morgan fingerprint density at radius 2 is 1.88 bits per heavy atom. The molecule has 0 bridgehead atoms. The quantitative estimate of drug-likeness (QED) is 0.315. The van der Waals surface area contributed by atoms with Crippen molar-refractivity contribution in [1.82, 2.24) is 0 Å². The molecule has 0 unspecified atom stereocenters. The number of hydrogen-bond acceptors (Lipinski definition) is 2. The normalized spacial score (nSPS) is 7.12. The average Bonchev–Trinajstić information content (AvgIpc) is 1.65. The van der Waals surface area contributed by atoms with Crippen LogP contribution in [0.5, 0.6) is 0 Å². The van der Waals surface area contributed by atoms with Gasteiger partial charge in [0.1, 0.15) is 0 Å². The summed E-state index contributed by atoms with van der Waals surface area (Å²) in [6, 6.07) is 0. The zero-order chi connectivity index (χ0) is 5.86. The van der Waals surface area contributed by atoms with Gasteiger partial charge in [-0.25, -0.2) is 4.79 Å². The van der Waals surface area contributed by atoms with E-state index in [9.17, 15) is 9.59 Å². The SMILES string of the molecule is [13CH3][13CH2][13C](=O)[13C](=O)O.[Na]. The van der Waals surface area contributed by atoms with Crippen molar-refractivity contribution < 1.29 is 14.7 Å². The fourth-order valence-electron chi connectivity index (χ4n) is 0.151. The van der Waals surface area contributed by atoms with E-state index in [-0.39, 0.29) is 36.0 Å². The van der Waals surface area contributed by atoms with E-state index in [4.69, 9.17) is 5.11 Å². The molecule has 0 heterocycles. The second-order valence-corrected chi connectivity index (χ2v) is 1.08. The Balaban J connectivity index is 0. The van der Waals surface area contributed by atoms with Gasteiger partial charge in [0.05, 0.1) is 0 Å². The van der Waals surface area contributed by atoms with Gasteiger partial charge in [-0.05, 0) is 0 Å². The zero-order valence-electron chi connectivity index (χ0n) is 4.97. The van der Waals surface area contributed by atoms with Gasteiger partial charge in [-0.2, -0.15) is 0 Å². The Morgan fingerprint density at radius 3 is 1.88 bits per heavy atom. The Labute approximate surface area is 69.4 Å². The first-order valence-corrected chi connectivity index (χ1v) is 1.94. The van der Waals surface area contributed by atoms with Crippen LogP contribution in [0, 0.1) is 0 Å². The first-order valence-electron chi connectivity index (χ1n) is 1.94. The van der Waals surface area contributed by atoms with Crippen molar-refractivity contribution in [3.63, 3.8) is 0 Å². The molecule has 0 aliphatic rings. The maximum Gasteiger partial charge on any atom is 0.372 e. The summed E-state index contributed by atoms with van der Waals surface area (Å²) in [5.41, 5.74) is 0. The molecule has 0 aromatic rings. The maximum absolute atomic E-state index is 9.91. The third-order valence-electron chi connectivity index (χ3n) is 0.560. The van der Waals surface area contributed by atoms with Gasteiger partial charge >= 0.3 is 5.97 Å². The van der Waals surface area contributed by atoms with Crippen LogP contribution >= 0.6 is 0 Å². The third kappa shape index (κ3) is 4.30. The number of rotatable bonds is 2. The van der Waals surface area contributed by atoms with Gasteiger partial charge in [-0.1, -0.05) is 6.92 Å². The minimum absolute atomic E-state index is 0. The first-order chi connectivity index (χ1) is 3.18. The smallest absolute Gasteiger partial charge is 0.372 e. The summed E-state index contributed by atoms with van der Waals surface area (Å²) < 4.78 is 0. The summed E-state index contributed by atoms with van der Waals surface area (Å²) in [5.74, 6) is -2.08. The number of carboxylic acids is 1. The van der Waals surface area contributed by atoms with Crippen molar-refractivity contribution in [2.45, 2.75) is 13.3 Å². The minimum atomic E-state index is -1.34. The van der Waals surface area contributed by atoms with E-state index >= 15 is 0 Å². The summed E-state index contributed by atoms with van der Waals surface area (Å²) in [4.78, 5) is 19.5. The van der Waals surface area contributed by atoms with Crippen LogP contribution in [-0.2, 0) is 9.59 Å². The van der Waals surface area contributed by atoms with E-state index < -0.39 is 11.8 Å². The number of carbonyl (C=O) groups is 2. The molecular formula is C4H6NaO3. The van der Waals surface area contributed by atoms with E-state index in [0.29, 0.717) is 0 Å². The molecule has 0 rings (SSSR count).